The molecule has 0 aliphatic heterocycles. The van der Waals surface area contributed by atoms with Gasteiger partial charge in [-0.2, -0.15) is 0 Å². The topological polar surface area (TPSA) is 90.0 Å². The number of benzene rings is 1. The lowest BCUT2D eigenvalue weighted by atomic mass is 10.1. The van der Waals surface area contributed by atoms with Crippen molar-refractivity contribution in [3.05, 3.63) is 64.4 Å². The Hall–Kier alpha value is -2.86. The predicted octanol–water partition coefficient (Wildman–Crippen LogP) is 2.26. The zero-order valence-electron chi connectivity index (χ0n) is 12.9. The number of hydrogen-bond acceptors (Lipinski definition) is 3. The molecule has 0 radical (unpaired) electrons. The Bertz CT molecular complexity index is 932. The molecule has 7 heteroatoms. The van der Waals surface area contributed by atoms with Crippen molar-refractivity contribution < 1.29 is 9.59 Å². The number of nitrogens with zero attached hydrogens (tertiary/aromatic N) is 2. The first-order chi connectivity index (χ1) is 11.5. The van der Waals surface area contributed by atoms with E-state index in [2.05, 4.69) is 10.3 Å². The van der Waals surface area contributed by atoms with E-state index in [1.54, 1.807) is 54.2 Å². The summed E-state index contributed by atoms with van der Waals surface area (Å²) in [6.07, 6.45) is 1.55. The number of halogens is 1. The fraction of sp³-hybridized carbons (Fsp3) is 0.118. The summed E-state index contributed by atoms with van der Waals surface area (Å²) in [5, 5.41) is 3.36. The van der Waals surface area contributed by atoms with Crippen LogP contribution >= 0.6 is 11.6 Å². The van der Waals surface area contributed by atoms with E-state index in [0.29, 0.717) is 28.3 Å². The number of primary amides is 1. The fourth-order valence-electron chi connectivity index (χ4n) is 2.45. The molecule has 3 rings (SSSR count). The number of nitrogens with one attached hydrogen (secondary N) is 1. The molecule has 2 amide bonds. The van der Waals surface area contributed by atoms with E-state index >= 15 is 0 Å². The van der Waals surface area contributed by atoms with Crippen LogP contribution in [0.25, 0.3) is 11.0 Å². The lowest BCUT2D eigenvalue weighted by Gasteiger charge is -2.07. The summed E-state index contributed by atoms with van der Waals surface area (Å²) < 4.78 is 1.75. The first-order valence-corrected chi connectivity index (χ1v) is 7.61. The molecule has 0 unspecified atom stereocenters. The smallest absolute Gasteiger partial charge is 0.268 e. The van der Waals surface area contributed by atoms with E-state index < -0.39 is 5.91 Å². The van der Waals surface area contributed by atoms with Crippen molar-refractivity contribution in [3.63, 3.8) is 0 Å². The standard InChI is InChI=1S/C17H15ClN4O2/c1-22-14-6-12(18)9-20-13(14)7-15(22)17(24)21-8-10-2-4-11(5-3-10)16(19)23/h2-7,9H,8H2,1H3,(H2,19,23)(H,21,24). The largest absolute Gasteiger partial charge is 0.366 e. The molecule has 0 aliphatic carbocycles. The van der Waals surface area contributed by atoms with Crippen LogP contribution in [0.1, 0.15) is 26.4 Å². The van der Waals surface area contributed by atoms with Gasteiger partial charge >= 0.3 is 0 Å². The zero-order chi connectivity index (χ0) is 17.3. The number of aryl methyl sites for hydroxylation is 1. The highest BCUT2D eigenvalue weighted by atomic mass is 35.5. The Morgan fingerprint density at radius 1 is 1.25 bits per heavy atom. The van der Waals surface area contributed by atoms with E-state index in [0.717, 1.165) is 11.1 Å². The molecule has 0 spiro atoms. The van der Waals surface area contributed by atoms with Gasteiger partial charge in [-0.25, -0.2) is 0 Å². The Labute approximate surface area is 143 Å². The van der Waals surface area contributed by atoms with Crippen molar-refractivity contribution in [1.82, 2.24) is 14.9 Å². The number of nitrogens with two attached hydrogens (primary N) is 1. The molecule has 0 bridgehead atoms. The first kappa shape index (κ1) is 16.0. The minimum Gasteiger partial charge on any atom is -0.366 e. The number of rotatable bonds is 4. The van der Waals surface area contributed by atoms with E-state index in [1.165, 1.54) is 0 Å². The third-order valence-electron chi connectivity index (χ3n) is 3.78. The van der Waals surface area contributed by atoms with E-state index in [9.17, 15) is 9.59 Å². The van der Waals surface area contributed by atoms with Gasteiger partial charge in [0.25, 0.3) is 5.91 Å². The molecule has 0 aliphatic rings. The zero-order valence-corrected chi connectivity index (χ0v) is 13.7. The summed E-state index contributed by atoms with van der Waals surface area (Å²) in [7, 11) is 1.79. The van der Waals surface area contributed by atoms with Crippen molar-refractivity contribution in [2.24, 2.45) is 12.8 Å². The van der Waals surface area contributed by atoms with Crippen LogP contribution in [0.2, 0.25) is 5.02 Å². The molecule has 0 atom stereocenters. The maximum Gasteiger partial charge on any atom is 0.268 e. The lowest BCUT2D eigenvalue weighted by Crippen LogP contribution is -2.24. The second kappa shape index (κ2) is 6.33. The van der Waals surface area contributed by atoms with E-state index in [4.69, 9.17) is 17.3 Å². The van der Waals surface area contributed by atoms with Gasteiger partial charge in [-0.05, 0) is 29.8 Å². The SMILES string of the molecule is Cn1c(C(=O)NCc2ccc(C(N)=O)cc2)cc2ncc(Cl)cc21. The molecule has 0 saturated carbocycles. The Morgan fingerprint density at radius 2 is 1.96 bits per heavy atom. The summed E-state index contributed by atoms with van der Waals surface area (Å²) in [5.41, 5.74) is 8.49. The second-order valence-corrected chi connectivity index (χ2v) is 5.83. The molecular weight excluding hydrogens is 328 g/mol. The molecule has 6 nitrogen and oxygen atoms in total. The van der Waals surface area contributed by atoms with Gasteiger partial charge in [0, 0.05) is 25.4 Å². The summed E-state index contributed by atoms with van der Waals surface area (Å²) in [6, 6.07) is 10.3. The maximum absolute atomic E-state index is 12.4. The fourth-order valence-corrected chi connectivity index (χ4v) is 2.60. The van der Waals surface area contributed by atoms with Gasteiger partial charge in [0.15, 0.2) is 0 Å². The van der Waals surface area contributed by atoms with Crippen LogP contribution in [0.4, 0.5) is 0 Å². The average Bonchev–Trinajstić information content (AvgIpc) is 2.89. The minimum atomic E-state index is -0.479. The van der Waals surface area contributed by atoms with Crippen LogP contribution in [0.3, 0.4) is 0 Å². The third kappa shape index (κ3) is 3.09. The minimum absolute atomic E-state index is 0.217. The van der Waals surface area contributed by atoms with Crippen molar-refractivity contribution in [2.75, 3.05) is 0 Å². The van der Waals surface area contributed by atoms with Gasteiger partial charge in [-0.15, -0.1) is 0 Å². The first-order valence-electron chi connectivity index (χ1n) is 7.23. The molecule has 3 N–H and O–H groups in total. The number of hydrogen-bond donors (Lipinski definition) is 2. The number of carbonyl (C=O) groups is 2. The van der Waals surface area contributed by atoms with Crippen LogP contribution in [0, 0.1) is 0 Å². The molecule has 2 heterocycles. The van der Waals surface area contributed by atoms with Gasteiger partial charge in [-0.3, -0.25) is 14.6 Å². The highest BCUT2D eigenvalue weighted by molar-refractivity contribution is 6.31. The van der Waals surface area contributed by atoms with Gasteiger partial charge in [0.05, 0.1) is 16.1 Å². The second-order valence-electron chi connectivity index (χ2n) is 5.39. The number of fused-ring (bicyclic) bond motifs is 1. The number of aromatic nitrogens is 2. The molecule has 122 valence electrons. The van der Waals surface area contributed by atoms with Gasteiger partial charge in [-0.1, -0.05) is 23.7 Å². The molecule has 2 aromatic heterocycles. The van der Waals surface area contributed by atoms with Crippen LogP contribution < -0.4 is 11.1 Å². The van der Waals surface area contributed by atoms with E-state index in [1.807, 2.05) is 0 Å². The quantitative estimate of drug-likeness (QED) is 0.762. The summed E-state index contributed by atoms with van der Waals surface area (Å²) >= 11 is 5.95. The molecule has 24 heavy (non-hydrogen) atoms. The monoisotopic (exact) mass is 342 g/mol. The van der Waals surface area contributed by atoms with Crippen molar-refractivity contribution >= 4 is 34.4 Å². The van der Waals surface area contributed by atoms with Crippen molar-refractivity contribution in [2.45, 2.75) is 6.54 Å². The van der Waals surface area contributed by atoms with Gasteiger partial charge in [0.2, 0.25) is 5.91 Å². The van der Waals surface area contributed by atoms with Crippen LogP contribution in [0.5, 0.6) is 0 Å². The Kier molecular flexibility index (Phi) is 4.22. The number of carbonyl (C=O) groups excluding carboxylic acids is 2. The highest BCUT2D eigenvalue weighted by Gasteiger charge is 2.14. The normalized spacial score (nSPS) is 10.8. The van der Waals surface area contributed by atoms with Gasteiger partial charge in [0.1, 0.15) is 5.69 Å². The van der Waals surface area contributed by atoms with E-state index in [-0.39, 0.29) is 5.91 Å². The highest BCUT2D eigenvalue weighted by Crippen LogP contribution is 2.20. The molecule has 3 aromatic rings. The summed E-state index contributed by atoms with van der Waals surface area (Å²) in [4.78, 5) is 27.7. The predicted molar refractivity (Wildman–Crippen MR) is 91.9 cm³/mol. The van der Waals surface area contributed by atoms with Gasteiger partial charge < -0.3 is 15.6 Å². The maximum atomic E-state index is 12.4. The average molecular weight is 343 g/mol. The van der Waals surface area contributed by atoms with Crippen molar-refractivity contribution in [3.8, 4) is 0 Å². The summed E-state index contributed by atoms with van der Waals surface area (Å²) in [6.45, 7) is 0.341. The lowest BCUT2D eigenvalue weighted by molar-refractivity contribution is 0.0941. The van der Waals surface area contributed by atoms with Crippen LogP contribution in [-0.2, 0) is 13.6 Å². The van der Waals surface area contributed by atoms with Crippen LogP contribution in [0.15, 0.2) is 42.6 Å². The Balaban J connectivity index is 1.75. The Morgan fingerprint density at radius 3 is 2.62 bits per heavy atom. The summed E-state index contributed by atoms with van der Waals surface area (Å²) in [5.74, 6) is -0.696. The number of pyridine rings is 1. The number of amides is 2. The molecule has 1 aromatic carbocycles. The molecule has 0 saturated heterocycles. The van der Waals surface area contributed by atoms with Crippen molar-refractivity contribution in [1.29, 1.82) is 0 Å². The van der Waals surface area contributed by atoms with Crippen LogP contribution in [-0.4, -0.2) is 21.4 Å². The third-order valence-corrected chi connectivity index (χ3v) is 3.99. The molecule has 0 fully saturated rings. The molecular formula is C17H15ClN4O2.